The Morgan fingerprint density at radius 2 is 1.69 bits per heavy atom. The predicted octanol–water partition coefficient (Wildman–Crippen LogP) is 1.56. The number of hydrogen-bond acceptors (Lipinski definition) is 6. The fourth-order valence-corrected chi connectivity index (χ4v) is 3.87. The summed E-state index contributed by atoms with van der Waals surface area (Å²) in [5, 5.41) is -1.03. The van der Waals surface area contributed by atoms with Gasteiger partial charge in [0.1, 0.15) is 0 Å². The smallest absolute Gasteiger partial charge is 0.358 e. The Bertz CT molecular complexity index is 1200. The number of hydrogen-bond donors (Lipinski definition) is 3. The van der Waals surface area contributed by atoms with Crippen molar-refractivity contribution < 1.29 is 30.7 Å². The molecule has 2 aromatic heterocycles. The van der Waals surface area contributed by atoms with Gasteiger partial charge < -0.3 is 4.98 Å². The SMILES string of the molecule is O=Cc1c(S(=O)(=O)O)nc(N(c2ccccc2)S(=O)(=O)O)c2[nH]ccc12. The van der Waals surface area contributed by atoms with E-state index in [1.165, 1.54) is 36.5 Å². The number of aromatic nitrogens is 2. The maximum Gasteiger partial charge on any atom is 0.365 e. The number of nitrogens with zero attached hydrogens (tertiary/aromatic N) is 2. The summed E-state index contributed by atoms with van der Waals surface area (Å²) >= 11 is 0. The van der Waals surface area contributed by atoms with Crippen molar-refractivity contribution in [3.8, 4) is 0 Å². The third-order valence-corrected chi connectivity index (χ3v) is 5.12. The summed E-state index contributed by atoms with van der Waals surface area (Å²) in [5.74, 6) is -0.531. The summed E-state index contributed by atoms with van der Waals surface area (Å²) in [6.45, 7) is 0. The third-order valence-electron chi connectivity index (χ3n) is 3.47. The average Bonchev–Trinajstić information content (AvgIpc) is 3.03. The van der Waals surface area contributed by atoms with Gasteiger partial charge in [-0.2, -0.15) is 21.1 Å². The van der Waals surface area contributed by atoms with E-state index in [4.69, 9.17) is 0 Å². The zero-order valence-corrected chi connectivity index (χ0v) is 14.4. The summed E-state index contributed by atoms with van der Waals surface area (Å²) in [7, 11) is -9.89. The number of aldehydes is 1. The number of nitrogens with one attached hydrogen (secondary N) is 1. The fourth-order valence-electron chi connectivity index (χ4n) is 2.49. The van der Waals surface area contributed by atoms with Gasteiger partial charge >= 0.3 is 20.4 Å². The molecule has 0 atom stereocenters. The van der Waals surface area contributed by atoms with Crippen LogP contribution in [0, 0.1) is 0 Å². The van der Waals surface area contributed by atoms with Gasteiger partial charge in [0.05, 0.1) is 16.8 Å². The minimum absolute atomic E-state index is 0.00204. The third kappa shape index (κ3) is 3.06. The van der Waals surface area contributed by atoms with Crippen molar-refractivity contribution in [3.05, 3.63) is 48.2 Å². The molecule has 0 spiro atoms. The van der Waals surface area contributed by atoms with E-state index in [9.17, 15) is 30.7 Å². The van der Waals surface area contributed by atoms with Crippen LogP contribution in [0.15, 0.2) is 47.6 Å². The molecule has 0 aliphatic carbocycles. The molecule has 0 unspecified atom stereocenters. The molecule has 3 N–H and O–H groups in total. The molecule has 1 aromatic carbocycles. The van der Waals surface area contributed by atoms with Gasteiger partial charge in [-0.05, 0) is 18.2 Å². The van der Waals surface area contributed by atoms with Crippen molar-refractivity contribution in [2.45, 2.75) is 5.03 Å². The largest absolute Gasteiger partial charge is 0.365 e. The Balaban J connectivity index is 2.47. The van der Waals surface area contributed by atoms with Crippen molar-refractivity contribution in [3.63, 3.8) is 0 Å². The van der Waals surface area contributed by atoms with Gasteiger partial charge in [0, 0.05) is 11.6 Å². The first-order valence-corrected chi connectivity index (χ1v) is 9.75. The van der Waals surface area contributed by atoms with Crippen molar-refractivity contribution in [1.29, 1.82) is 0 Å². The lowest BCUT2D eigenvalue weighted by Crippen LogP contribution is -2.27. The van der Waals surface area contributed by atoms with Gasteiger partial charge in [0.25, 0.3) is 0 Å². The normalized spacial score (nSPS) is 12.2. The highest BCUT2D eigenvalue weighted by atomic mass is 32.2. The van der Waals surface area contributed by atoms with Crippen LogP contribution in [-0.2, 0) is 20.4 Å². The van der Waals surface area contributed by atoms with Crippen molar-refractivity contribution >= 4 is 49.1 Å². The van der Waals surface area contributed by atoms with Crippen LogP contribution in [0.3, 0.4) is 0 Å². The van der Waals surface area contributed by atoms with Crippen LogP contribution >= 0.6 is 0 Å². The molecule has 0 aliphatic heterocycles. The van der Waals surface area contributed by atoms with Crippen LogP contribution in [0.1, 0.15) is 10.4 Å². The number of fused-ring (bicyclic) bond motifs is 1. The Morgan fingerprint density at radius 1 is 1.04 bits per heavy atom. The van der Waals surface area contributed by atoms with Gasteiger partial charge in [0.15, 0.2) is 17.1 Å². The molecular weight excluding hydrogens is 386 g/mol. The van der Waals surface area contributed by atoms with Gasteiger partial charge in [-0.25, -0.2) is 4.98 Å². The Kier molecular flexibility index (Phi) is 4.28. The van der Waals surface area contributed by atoms with Crippen molar-refractivity contribution in [2.24, 2.45) is 0 Å². The summed E-state index contributed by atoms with van der Waals surface area (Å²) in [6.07, 6.45) is 1.50. The maximum atomic E-state index is 12.0. The molecule has 10 nitrogen and oxygen atoms in total. The number of para-hydroxylation sites is 1. The minimum Gasteiger partial charge on any atom is -0.358 e. The van der Waals surface area contributed by atoms with E-state index in [0.717, 1.165) is 0 Å². The summed E-state index contributed by atoms with van der Waals surface area (Å²) in [4.78, 5) is 17.6. The van der Waals surface area contributed by atoms with E-state index in [2.05, 4.69) is 9.97 Å². The first kappa shape index (κ1) is 18.0. The molecule has 2 heterocycles. The zero-order valence-electron chi connectivity index (χ0n) is 12.8. The number of pyridine rings is 1. The fraction of sp³-hybridized carbons (Fsp3) is 0. The number of anilines is 2. The highest BCUT2D eigenvalue weighted by molar-refractivity contribution is 7.87. The van der Waals surface area contributed by atoms with Crippen LogP contribution < -0.4 is 4.31 Å². The van der Waals surface area contributed by atoms with Gasteiger partial charge in [-0.15, -0.1) is 0 Å². The number of H-pyrrole nitrogens is 1. The van der Waals surface area contributed by atoms with E-state index < -0.39 is 36.8 Å². The average molecular weight is 397 g/mol. The lowest BCUT2D eigenvalue weighted by Gasteiger charge is -2.21. The molecule has 0 aliphatic rings. The van der Waals surface area contributed by atoms with E-state index in [0.29, 0.717) is 4.31 Å². The lowest BCUT2D eigenvalue weighted by molar-refractivity contribution is 0.112. The Morgan fingerprint density at radius 3 is 2.23 bits per heavy atom. The monoisotopic (exact) mass is 397 g/mol. The summed E-state index contributed by atoms with van der Waals surface area (Å²) in [6, 6.07) is 8.57. The molecule has 0 saturated carbocycles. The van der Waals surface area contributed by atoms with Crippen LogP contribution in [0.2, 0.25) is 0 Å². The van der Waals surface area contributed by atoms with Crippen LogP contribution in [0.4, 0.5) is 11.5 Å². The topological polar surface area (TPSA) is 158 Å². The molecule has 26 heavy (non-hydrogen) atoms. The number of aromatic amines is 1. The molecule has 3 aromatic rings. The van der Waals surface area contributed by atoms with Gasteiger partial charge in [-0.3, -0.25) is 13.9 Å². The Hall–Kier alpha value is -2.80. The molecule has 0 fully saturated rings. The highest BCUT2D eigenvalue weighted by Gasteiger charge is 2.30. The molecule has 0 bridgehead atoms. The minimum atomic E-state index is -4.96. The number of benzene rings is 1. The summed E-state index contributed by atoms with van der Waals surface area (Å²) in [5.41, 5.74) is -0.518. The number of carbonyl (C=O) groups excluding carboxylic acids is 1. The molecule has 136 valence electrons. The standard InChI is InChI=1S/C14H11N3O7S2/c18-8-11-10-6-7-15-12(10)13(16-14(11)25(19,20)21)17(26(22,23)24)9-4-2-1-3-5-9/h1-8,15H,(H,19,20,21)(H,22,23,24). The molecule has 3 rings (SSSR count). The summed E-state index contributed by atoms with van der Waals surface area (Å²) < 4.78 is 66.6. The van der Waals surface area contributed by atoms with Crippen LogP contribution in [0.25, 0.3) is 10.9 Å². The second kappa shape index (κ2) is 6.17. The Labute approximate surface area is 147 Å². The molecular formula is C14H11N3O7S2. The van der Waals surface area contributed by atoms with E-state index in [1.807, 2.05) is 0 Å². The van der Waals surface area contributed by atoms with Gasteiger partial charge in [-0.1, -0.05) is 18.2 Å². The second-order valence-corrected chi connectivity index (χ2v) is 7.69. The number of rotatable bonds is 5. The molecule has 0 radical (unpaired) electrons. The van der Waals surface area contributed by atoms with Crippen molar-refractivity contribution in [1.82, 2.24) is 9.97 Å². The van der Waals surface area contributed by atoms with Crippen molar-refractivity contribution in [2.75, 3.05) is 4.31 Å². The molecule has 0 amide bonds. The zero-order chi connectivity index (χ0) is 19.1. The van der Waals surface area contributed by atoms with Crippen LogP contribution in [-0.4, -0.2) is 42.2 Å². The quantitative estimate of drug-likeness (QED) is 0.432. The predicted molar refractivity (Wildman–Crippen MR) is 91.4 cm³/mol. The van der Waals surface area contributed by atoms with E-state index in [-0.39, 0.29) is 22.9 Å². The first-order chi connectivity index (χ1) is 12.1. The highest BCUT2D eigenvalue weighted by Crippen LogP contribution is 2.35. The van der Waals surface area contributed by atoms with E-state index >= 15 is 0 Å². The van der Waals surface area contributed by atoms with E-state index in [1.54, 1.807) is 6.07 Å². The molecule has 12 heteroatoms. The van der Waals surface area contributed by atoms with Gasteiger partial charge in [0.2, 0.25) is 0 Å². The second-order valence-electron chi connectivity index (χ2n) is 5.09. The van der Waals surface area contributed by atoms with Crippen LogP contribution in [0.5, 0.6) is 0 Å². The number of carbonyl (C=O) groups is 1. The lowest BCUT2D eigenvalue weighted by atomic mass is 10.2. The molecule has 0 saturated heterocycles. The first-order valence-electron chi connectivity index (χ1n) is 6.91. The maximum absolute atomic E-state index is 12.0.